The highest BCUT2D eigenvalue weighted by molar-refractivity contribution is 7.99. The van der Waals surface area contributed by atoms with E-state index < -0.39 is 5.97 Å². The van der Waals surface area contributed by atoms with Crippen LogP contribution in [0.3, 0.4) is 0 Å². The molecule has 1 aromatic heterocycles. The summed E-state index contributed by atoms with van der Waals surface area (Å²) in [6.45, 7) is 3.56. The lowest BCUT2D eigenvalue weighted by Gasteiger charge is -2.29. The van der Waals surface area contributed by atoms with Crippen LogP contribution in [0.4, 0.5) is 5.82 Å². The molecule has 1 heterocycles. The predicted octanol–water partition coefficient (Wildman–Crippen LogP) is 2.88. The number of anilines is 1. The smallest absolute Gasteiger partial charge is 0.339 e. The van der Waals surface area contributed by atoms with Gasteiger partial charge in [-0.1, -0.05) is 6.42 Å². The van der Waals surface area contributed by atoms with Crippen molar-refractivity contribution in [1.82, 2.24) is 10.2 Å². The molecule has 0 spiro atoms. The van der Waals surface area contributed by atoms with E-state index >= 15 is 0 Å². The molecular weight excluding hydrogens is 274 g/mol. The van der Waals surface area contributed by atoms with E-state index in [2.05, 4.69) is 21.8 Å². The van der Waals surface area contributed by atoms with Crippen molar-refractivity contribution in [3.05, 3.63) is 16.8 Å². The summed E-state index contributed by atoms with van der Waals surface area (Å²) in [5.74, 6) is -0.535. The minimum absolute atomic E-state index is 0.253. The van der Waals surface area contributed by atoms with E-state index in [9.17, 15) is 9.90 Å². The Balaban J connectivity index is 2.21. The molecule has 0 aliphatic heterocycles. The number of hydrogen-bond donors (Lipinski definition) is 2. The molecule has 5 nitrogen and oxygen atoms in total. The molecule has 1 saturated carbocycles. The van der Waals surface area contributed by atoms with Crippen LogP contribution < -0.4 is 5.32 Å². The van der Waals surface area contributed by atoms with Crippen LogP contribution in [0.5, 0.6) is 0 Å². The second-order valence-corrected chi connectivity index (χ2v) is 6.44. The van der Waals surface area contributed by atoms with Crippen LogP contribution in [0, 0.1) is 13.8 Å². The third kappa shape index (κ3) is 3.23. The standard InChI is InChI=1S/C14H21N3O2S/c1-8-9(2)16-17-13(12(8)14(18)19)15-10-5-4-6-11(7-10)20-3/h10-11H,4-7H2,1-3H3,(H,15,17)(H,18,19). The molecule has 0 bridgehead atoms. The molecule has 0 saturated heterocycles. The molecule has 20 heavy (non-hydrogen) atoms. The number of thioether (sulfide) groups is 1. The number of aromatic carboxylic acids is 1. The van der Waals surface area contributed by atoms with Crippen LogP contribution in [-0.2, 0) is 0 Å². The Morgan fingerprint density at radius 2 is 2.10 bits per heavy atom. The monoisotopic (exact) mass is 295 g/mol. The maximum Gasteiger partial charge on any atom is 0.339 e. The highest BCUT2D eigenvalue weighted by Gasteiger charge is 2.24. The zero-order valence-electron chi connectivity index (χ0n) is 12.1. The minimum Gasteiger partial charge on any atom is -0.478 e. The number of carbonyl (C=O) groups is 1. The summed E-state index contributed by atoms with van der Waals surface area (Å²) < 4.78 is 0. The fourth-order valence-electron chi connectivity index (χ4n) is 2.65. The first-order valence-electron chi connectivity index (χ1n) is 6.89. The van der Waals surface area contributed by atoms with E-state index in [0.29, 0.717) is 22.3 Å². The van der Waals surface area contributed by atoms with Crippen LogP contribution in [0.25, 0.3) is 0 Å². The molecule has 2 unspecified atom stereocenters. The van der Waals surface area contributed by atoms with Gasteiger partial charge in [0.15, 0.2) is 5.82 Å². The van der Waals surface area contributed by atoms with E-state index in [1.807, 2.05) is 11.8 Å². The van der Waals surface area contributed by atoms with Gasteiger partial charge >= 0.3 is 5.97 Å². The highest BCUT2D eigenvalue weighted by Crippen LogP contribution is 2.29. The van der Waals surface area contributed by atoms with Crippen molar-refractivity contribution < 1.29 is 9.90 Å². The largest absolute Gasteiger partial charge is 0.478 e. The maximum absolute atomic E-state index is 11.4. The number of rotatable bonds is 4. The van der Waals surface area contributed by atoms with Gasteiger partial charge in [0, 0.05) is 11.3 Å². The van der Waals surface area contributed by atoms with Crippen LogP contribution in [0.15, 0.2) is 0 Å². The molecule has 0 amide bonds. The highest BCUT2D eigenvalue weighted by atomic mass is 32.2. The van der Waals surface area contributed by atoms with E-state index in [1.165, 1.54) is 12.8 Å². The van der Waals surface area contributed by atoms with Crippen LogP contribution in [0.2, 0.25) is 0 Å². The lowest BCUT2D eigenvalue weighted by Crippen LogP contribution is -2.30. The Hall–Kier alpha value is -1.30. The van der Waals surface area contributed by atoms with Crippen LogP contribution >= 0.6 is 11.8 Å². The molecule has 1 aliphatic carbocycles. The summed E-state index contributed by atoms with van der Waals surface area (Å²) in [4.78, 5) is 11.4. The minimum atomic E-state index is -0.944. The van der Waals surface area contributed by atoms with E-state index in [4.69, 9.17) is 0 Å². The molecule has 1 aromatic rings. The first-order chi connectivity index (χ1) is 9.52. The third-order valence-corrected chi connectivity index (χ3v) is 5.06. The predicted molar refractivity (Wildman–Crippen MR) is 81.6 cm³/mol. The van der Waals surface area contributed by atoms with Gasteiger partial charge < -0.3 is 10.4 Å². The van der Waals surface area contributed by atoms with Gasteiger partial charge in [-0.15, -0.1) is 5.10 Å². The summed E-state index contributed by atoms with van der Waals surface area (Å²) in [5.41, 5.74) is 1.61. The van der Waals surface area contributed by atoms with Crippen molar-refractivity contribution >= 4 is 23.5 Å². The second kappa shape index (κ2) is 6.43. The number of nitrogens with zero attached hydrogens (tertiary/aromatic N) is 2. The lowest BCUT2D eigenvalue weighted by atomic mass is 9.94. The van der Waals surface area contributed by atoms with Crippen molar-refractivity contribution in [1.29, 1.82) is 0 Å². The number of hydrogen-bond acceptors (Lipinski definition) is 5. The summed E-state index contributed by atoms with van der Waals surface area (Å²) in [5, 5.41) is 21.4. The van der Waals surface area contributed by atoms with E-state index in [-0.39, 0.29) is 11.6 Å². The molecular formula is C14H21N3O2S. The van der Waals surface area contributed by atoms with Gasteiger partial charge in [-0.05, 0) is 44.9 Å². The van der Waals surface area contributed by atoms with Crippen molar-refractivity contribution in [2.75, 3.05) is 11.6 Å². The van der Waals surface area contributed by atoms with Gasteiger partial charge in [0.25, 0.3) is 0 Å². The average Bonchev–Trinajstić information content (AvgIpc) is 2.43. The zero-order valence-corrected chi connectivity index (χ0v) is 13.0. The van der Waals surface area contributed by atoms with Gasteiger partial charge in [-0.2, -0.15) is 16.9 Å². The number of carboxylic acids is 1. The Morgan fingerprint density at radius 3 is 2.75 bits per heavy atom. The molecule has 2 N–H and O–H groups in total. The van der Waals surface area contributed by atoms with E-state index in [0.717, 1.165) is 12.8 Å². The molecule has 1 aliphatic rings. The first kappa shape index (κ1) is 15.1. The van der Waals surface area contributed by atoms with Crippen molar-refractivity contribution in [3.8, 4) is 0 Å². The molecule has 0 radical (unpaired) electrons. The second-order valence-electron chi connectivity index (χ2n) is 5.30. The zero-order chi connectivity index (χ0) is 14.7. The Kier molecular flexibility index (Phi) is 4.86. The summed E-state index contributed by atoms with van der Waals surface area (Å²) in [7, 11) is 0. The quantitative estimate of drug-likeness (QED) is 0.889. The third-order valence-electron chi connectivity index (χ3n) is 3.97. The Morgan fingerprint density at radius 1 is 1.35 bits per heavy atom. The fourth-order valence-corrected chi connectivity index (χ4v) is 3.48. The summed E-state index contributed by atoms with van der Waals surface area (Å²) >= 11 is 1.88. The SMILES string of the molecule is CSC1CCCC(Nc2nnc(C)c(C)c2C(=O)O)C1. The van der Waals surface area contributed by atoms with Gasteiger partial charge in [0.05, 0.1) is 5.69 Å². The van der Waals surface area contributed by atoms with Crippen molar-refractivity contribution in [2.45, 2.75) is 50.8 Å². The van der Waals surface area contributed by atoms with E-state index in [1.54, 1.807) is 13.8 Å². The van der Waals surface area contributed by atoms with Gasteiger partial charge in [-0.25, -0.2) is 4.79 Å². The molecule has 1 fully saturated rings. The first-order valence-corrected chi connectivity index (χ1v) is 8.18. The van der Waals surface area contributed by atoms with Crippen molar-refractivity contribution in [2.24, 2.45) is 0 Å². The number of nitrogens with one attached hydrogen (secondary N) is 1. The lowest BCUT2D eigenvalue weighted by molar-refractivity contribution is 0.0696. The normalized spacial score (nSPS) is 22.6. The van der Waals surface area contributed by atoms with Gasteiger partial charge in [0.1, 0.15) is 5.56 Å². The molecule has 0 aromatic carbocycles. The summed E-state index contributed by atoms with van der Waals surface area (Å²) in [6.07, 6.45) is 6.65. The number of aromatic nitrogens is 2. The number of aryl methyl sites for hydroxylation is 1. The molecule has 2 rings (SSSR count). The van der Waals surface area contributed by atoms with Crippen LogP contribution in [0.1, 0.15) is 47.3 Å². The maximum atomic E-state index is 11.4. The summed E-state index contributed by atoms with van der Waals surface area (Å²) in [6, 6.07) is 0.288. The molecule has 110 valence electrons. The topological polar surface area (TPSA) is 75.1 Å². The van der Waals surface area contributed by atoms with Gasteiger partial charge in [0.2, 0.25) is 0 Å². The molecule has 6 heteroatoms. The van der Waals surface area contributed by atoms with Crippen LogP contribution in [-0.4, -0.2) is 38.8 Å². The Labute approximate surface area is 123 Å². The van der Waals surface area contributed by atoms with Crippen molar-refractivity contribution in [3.63, 3.8) is 0 Å². The molecule has 2 atom stereocenters. The average molecular weight is 295 g/mol. The fraction of sp³-hybridized carbons (Fsp3) is 0.643. The van der Waals surface area contributed by atoms with Gasteiger partial charge in [-0.3, -0.25) is 0 Å². The number of carboxylic acid groups (broad SMARTS) is 1. The Bertz CT molecular complexity index is 507.